The van der Waals surface area contributed by atoms with E-state index in [0.29, 0.717) is 28.8 Å². The quantitative estimate of drug-likeness (QED) is 0.550. The van der Waals surface area contributed by atoms with Crippen LogP contribution in [0.2, 0.25) is 0 Å². The zero-order chi connectivity index (χ0) is 20.6. The summed E-state index contributed by atoms with van der Waals surface area (Å²) in [6.45, 7) is 2.49. The van der Waals surface area contributed by atoms with Crippen LogP contribution in [0.5, 0.6) is 5.75 Å². The number of ether oxygens (including phenoxy) is 1. The van der Waals surface area contributed by atoms with E-state index in [-0.39, 0.29) is 12.3 Å². The van der Waals surface area contributed by atoms with Gasteiger partial charge < -0.3 is 15.4 Å². The number of nitrogens with zero attached hydrogens (tertiary/aromatic N) is 1. The van der Waals surface area contributed by atoms with Crippen LogP contribution < -0.4 is 20.7 Å². The lowest BCUT2D eigenvalue weighted by Gasteiger charge is -2.09. The molecule has 0 saturated carbocycles. The van der Waals surface area contributed by atoms with Gasteiger partial charge in [-0.15, -0.1) is 11.3 Å². The Hall–Kier alpha value is -3.39. The lowest BCUT2D eigenvalue weighted by Crippen LogP contribution is -2.24. The van der Waals surface area contributed by atoms with Crippen molar-refractivity contribution < 1.29 is 14.3 Å². The highest BCUT2D eigenvalue weighted by Gasteiger charge is 2.11. The predicted molar refractivity (Wildman–Crippen MR) is 114 cm³/mol. The van der Waals surface area contributed by atoms with Crippen molar-refractivity contribution in [2.45, 2.75) is 19.9 Å². The summed E-state index contributed by atoms with van der Waals surface area (Å²) in [5.41, 5.74) is 3.37. The van der Waals surface area contributed by atoms with Gasteiger partial charge in [0.05, 0.1) is 24.9 Å². The molecule has 1 heterocycles. The van der Waals surface area contributed by atoms with E-state index in [1.165, 1.54) is 24.0 Å². The lowest BCUT2D eigenvalue weighted by atomic mass is 10.1. The molecule has 0 unspecified atom stereocenters. The van der Waals surface area contributed by atoms with E-state index in [4.69, 9.17) is 4.74 Å². The fourth-order valence-corrected chi connectivity index (χ4v) is 3.28. The Morgan fingerprint density at radius 2 is 1.83 bits per heavy atom. The largest absolute Gasteiger partial charge is 0.495 e. The molecule has 0 spiro atoms. The van der Waals surface area contributed by atoms with Gasteiger partial charge in [0.2, 0.25) is 5.91 Å². The summed E-state index contributed by atoms with van der Waals surface area (Å²) >= 11 is 1.26. The molecule has 0 aliphatic rings. The van der Waals surface area contributed by atoms with Gasteiger partial charge in [0, 0.05) is 11.9 Å². The van der Waals surface area contributed by atoms with E-state index < -0.39 is 6.03 Å². The molecule has 150 valence electrons. The van der Waals surface area contributed by atoms with Gasteiger partial charge in [0.1, 0.15) is 5.75 Å². The minimum atomic E-state index is -0.431. The number of para-hydroxylation sites is 2. The number of carbonyl (C=O) groups is 2. The fourth-order valence-electron chi connectivity index (χ4n) is 2.58. The Bertz CT molecular complexity index is 986. The number of thiazole rings is 1. The molecule has 2 aromatic carbocycles. The number of anilines is 2. The van der Waals surface area contributed by atoms with Crippen molar-refractivity contribution in [2.24, 2.45) is 0 Å². The molecule has 0 radical (unpaired) electrons. The van der Waals surface area contributed by atoms with E-state index in [2.05, 4.69) is 20.9 Å². The van der Waals surface area contributed by atoms with Crippen LogP contribution in [0, 0.1) is 6.92 Å². The Balaban J connectivity index is 1.49. The molecule has 0 aliphatic carbocycles. The summed E-state index contributed by atoms with van der Waals surface area (Å²) in [5, 5.41) is 10.4. The number of aryl methyl sites for hydroxylation is 1. The highest BCUT2D eigenvalue weighted by Crippen LogP contribution is 2.23. The highest BCUT2D eigenvalue weighted by atomic mass is 32.1. The SMILES string of the molecule is COc1ccccc1NC(=O)Nc1nc(CC(=O)NCc2ccc(C)cc2)cs1. The van der Waals surface area contributed by atoms with E-state index in [1.807, 2.05) is 37.3 Å². The van der Waals surface area contributed by atoms with Gasteiger partial charge in [-0.3, -0.25) is 10.1 Å². The third-order valence-electron chi connectivity index (χ3n) is 4.08. The number of nitrogens with one attached hydrogen (secondary N) is 3. The van der Waals surface area contributed by atoms with Crippen molar-refractivity contribution >= 4 is 34.1 Å². The van der Waals surface area contributed by atoms with E-state index in [1.54, 1.807) is 23.6 Å². The second-order valence-corrected chi connectivity index (χ2v) is 7.22. The van der Waals surface area contributed by atoms with Gasteiger partial charge in [-0.05, 0) is 24.6 Å². The molecule has 0 atom stereocenters. The third-order valence-corrected chi connectivity index (χ3v) is 4.89. The molecule has 8 heteroatoms. The molecule has 0 aliphatic heterocycles. The molecule has 3 rings (SSSR count). The second-order valence-electron chi connectivity index (χ2n) is 6.36. The van der Waals surface area contributed by atoms with Crippen LogP contribution in [0.25, 0.3) is 0 Å². The van der Waals surface area contributed by atoms with Crippen molar-refractivity contribution in [1.82, 2.24) is 10.3 Å². The molecule has 3 amide bonds. The number of hydrogen-bond donors (Lipinski definition) is 3. The number of rotatable bonds is 7. The average Bonchev–Trinajstić information content (AvgIpc) is 3.14. The van der Waals surface area contributed by atoms with Gasteiger partial charge in [-0.1, -0.05) is 42.0 Å². The van der Waals surface area contributed by atoms with Crippen molar-refractivity contribution in [3.8, 4) is 5.75 Å². The molecule has 7 nitrogen and oxygen atoms in total. The molecular formula is C21H22N4O3S. The minimum Gasteiger partial charge on any atom is -0.495 e. The topological polar surface area (TPSA) is 92.3 Å². The lowest BCUT2D eigenvalue weighted by molar-refractivity contribution is -0.120. The zero-order valence-electron chi connectivity index (χ0n) is 16.2. The summed E-state index contributed by atoms with van der Waals surface area (Å²) in [5.74, 6) is 0.439. The van der Waals surface area contributed by atoms with Crippen LogP contribution in [-0.4, -0.2) is 24.0 Å². The summed E-state index contributed by atoms with van der Waals surface area (Å²) in [4.78, 5) is 28.6. The summed E-state index contributed by atoms with van der Waals surface area (Å²) < 4.78 is 5.21. The Morgan fingerprint density at radius 3 is 2.59 bits per heavy atom. The van der Waals surface area contributed by atoms with Gasteiger partial charge in [-0.25, -0.2) is 9.78 Å². The van der Waals surface area contributed by atoms with Crippen LogP contribution in [0.1, 0.15) is 16.8 Å². The molecule has 0 bridgehead atoms. The van der Waals surface area contributed by atoms with Crippen molar-refractivity contribution in [3.05, 3.63) is 70.7 Å². The zero-order valence-corrected chi connectivity index (χ0v) is 17.0. The molecule has 29 heavy (non-hydrogen) atoms. The van der Waals surface area contributed by atoms with Crippen LogP contribution in [-0.2, 0) is 17.8 Å². The average molecular weight is 410 g/mol. The minimum absolute atomic E-state index is 0.124. The van der Waals surface area contributed by atoms with E-state index in [0.717, 1.165) is 5.56 Å². The normalized spacial score (nSPS) is 10.3. The number of aromatic nitrogens is 1. The summed E-state index contributed by atoms with van der Waals surface area (Å²) in [6.07, 6.45) is 0.151. The summed E-state index contributed by atoms with van der Waals surface area (Å²) in [6, 6.07) is 14.7. The Morgan fingerprint density at radius 1 is 1.07 bits per heavy atom. The number of methoxy groups -OCH3 is 1. The van der Waals surface area contributed by atoms with Crippen molar-refractivity contribution in [2.75, 3.05) is 17.7 Å². The molecule has 0 saturated heterocycles. The predicted octanol–water partition coefficient (Wildman–Crippen LogP) is 3.96. The molecule has 3 aromatic rings. The first kappa shape index (κ1) is 20.3. The first-order valence-electron chi connectivity index (χ1n) is 9.01. The van der Waals surface area contributed by atoms with Crippen molar-refractivity contribution in [1.29, 1.82) is 0 Å². The number of carbonyl (C=O) groups excluding carboxylic acids is 2. The summed E-state index contributed by atoms with van der Waals surface area (Å²) in [7, 11) is 1.54. The smallest absolute Gasteiger partial charge is 0.325 e. The first-order valence-corrected chi connectivity index (χ1v) is 9.89. The van der Waals surface area contributed by atoms with Gasteiger partial charge >= 0.3 is 6.03 Å². The van der Waals surface area contributed by atoms with Crippen LogP contribution >= 0.6 is 11.3 Å². The fraction of sp³-hybridized carbons (Fsp3) is 0.190. The molecular weight excluding hydrogens is 388 g/mol. The van der Waals surface area contributed by atoms with Gasteiger partial charge in [0.15, 0.2) is 5.13 Å². The van der Waals surface area contributed by atoms with Gasteiger partial charge in [-0.2, -0.15) is 0 Å². The number of amides is 3. The second kappa shape index (κ2) is 9.70. The number of urea groups is 1. The first-order chi connectivity index (χ1) is 14.0. The third kappa shape index (κ3) is 6.05. The molecule has 3 N–H and O–H groups in total. The maximum Gasteiger partial charge on any atom is 0.325 e. The Labute approximate surface area is 173 Å². The number of benzene rings is 2. The molecule has 0 fully saturated rings. The van der Waals surface area contributed by atoms with Crippen molar-refractivity contribution in [3.63, 3.8) is 0 Å². The van der Waals surface area contributed by atoms with Crippen LogP contribution in [0.4, 0.5) is 15.6 Å². The maximum absolute atomic E-state index is 12.2. The maximum atomic E-state index is 12.2. The van der Waals surface area contributed by atoms with Gasteiger partial charge in [0.25, 0.3) is 0 Å². The van der Waals surface area contributed by atoms with Crippen LogP contribution in [0.3, 0.4) is 0 Å². The Kier molecular flexibility index (Phi) is 6.80. The number of hydrogen-bond acceptors (Lipinski definition) is 5. The van der Waals surface area contributed by atoms with E-state index in [9.17, 15) is 9.59 Å². The molecule has 1 aromatic heterocycles. The highest BCUT2D eigenvalue weighted by molar-refractivity contribution is 7.14. The standard InChI is InChI=1S/C21H22N4O3S/c1-14-7-9-15(10-8-14)12-22-19(26)11-16-13-29-21(23-16)25-20(27)24-17-5-3-4-6-18(17)28-2/h3-10,13H,11-12H2,1-2H3,(H,22,26)(H2,23,24,25,27). The van der Waals surface area contributed by atoms with Crippen LogP contribution in [0.15, 0.2) is 53.9 Å². The monoisotopic (exact) mass is 410 g/mol. The van der Waals surface area contributed by atoms with E-state index >= 15 is 0 Å².